The summed E-state index contributed by atoms with van der Waals surface area (Å²) in [5, 5.41) is 19.5. The summed E-state index contributed by atoms with van der Waals surface area (Å²) < 4.78 is 0. The summed E-state index contributed by atoms with van der Waals surface area (Å²) >= 11 is 0. The molecule has 1 saturated heterocycles. The number of nitrogens with one attached hydrogen (secondary N) is 1. The van der Waals surface area contributed by atoms with Crippen molar-refractivity contribution in [2.45, 2.75) is 43.7 Å². The van der Waals surface area contributed by atoms with Crippen molar-refractivity contribution in [2.24, 2.45) is 11.8 Å². The van der Waals surface area contributed by atoms with E-state index in [-0.39, 0.29) is 30.3 Å². The number of anilines is 1. The highest BCUT2D eigenvalue weighted by Crippen LogP contribution is 2.47. The second kappa shape index (κ2) is 10.8. The molecule has 9 nitrogen and oxygen atoms in total. The molecule has 5 rings (SSSR count). The van der Waals surface area contributed by atoms with Gasteiger partial charge in [0.25, 0.3) is 0 Å². The van der Waals surface area contributed by atoms with Crippen LogP contribution in [0.15, 0.2) is 60.7 Å². The number of amides is 3. The summed E-state index contributed by atoms with van der Waals surface area (Å²) in [5.41, 5.74) is 3.97. The first-order valence-electron chi connectivity index (χ1n) is 13.1. The van der Waals surface area contributed by atoms with Gasteiger partial charge in [-0.05, 0) is 43.4 Å². The fourth-order valence-corrected chi connectivity index (χ4v) is 6.24. The first-order valence-corrected chi connectivity index (χ1v) is 13.1. The van der Waals surface area contributed by atoms with Crippen molar-refractivity contribution in [3.8, 4) is 0 Å². The van der Waals surface area contributed by atoms with Gasteiger partial charge in [-0.25, -0.2) is 10.3 Å². The van der Waals surface area contributed by atoms with Crippen LogP contribution < -0.4 is 10.4 Å². The minimum absolute atomic E-state index is 0.0878. The Morgan fingerprint density at radius 3 is 2.11 bits per heavy atom. The lowest BCUT2D eigenvalue weighted by Gasteiger charge is -2.42. The van der Waals surface area contributed by atoms with Gasteiger partial charge in [-0.3, -0.25) is 14.8 Å². The van der Waals surface area contributed by atoms with Crippen LogP contribution in [0, 0.1) is 11.8 Å². The topological polar surface area (TPSA) is 113 Å². The minimum Gasteiger partial charge on any atom is -0.465 e. The number of hydroxylamine groups is 1. The molecule has 3 amide bonds. The van der Waals surface area contributed by atoms with E-state index in [1.54, 1.807) is 5.48 Å². The molecule has 0 spiro atoms. The fourth-order valence-electron chi connectivity index (χ4n) is 6.24. The van der Waals surface area contributed by atoms with Gasteiger partial charge in [0.15, 0.2) is 0 Å². The number of carbonyl (C=O) groups excluding carboxylic acids is 2. The molecule has 9 heteroatoms. The molecule has 1 aliphatic heterocycles. The minimum atomic E-state index is -1.00. The Labute approximate surface area is 216 Å². The van der Waals surface area contributed by atoms with Crippen LogP contribution in [0.25, 0.3) is 0 Å². The summed E-state index contributed by atoms with van der Waals surface area (Å²) in [4.78, 5) is 44.1. The largest absolute Gasteiger partial charge is 0.465 e. The predicted molar refractivity (Wildman–Crippen MR) is 137 cm³/mol. The van der Waals surface area contributed by atoms with Crippen molar-refractivity contribution < 1.29 is 24.7 Å². The van der Waals surface area contributed by atoms with Gasteiger partial charge in [-0.2, -0.15) is 0 Å². The lowest BCUT2D eigenvalue weighted by atomic mass is 9.75. The average molecular weight is 507 g/mol. The SMILES string of the molecule is O=C(NO)[C@H]1C[C@H](N(C(=O)O)C2CC2c2ccccc2)CC[C@@H]1C(=O)N1CCN(c2ccccc2)CC1. The number of rotatable bonds is 6. The standard InChI is InChI=1S/C28H34N4O5/c33-26(29-37)24-17-21(32(28(35)36)25-18-23(25)19-7-3-1-4-8-19)11-12-22(24)27(34)31-15-13-30(14-16-31)20-9-5-2-6-10-20/h1-10,21-25,37H,11-18H2,(H,29,33)(H,35,36)/t21-,22+,23?,24+,25?/m1/s1. The molecule has 196 valence electrons. The van der Waals surface area contributed by atoms with E-state index in [9.17, 15) is 24.7 Å². The summed E-state index contributed by atoms with van der Waals surface area (Å²) in [5.74, 6) is -1.92. The molecule has 3 fully saturated rings. The number of hydrogen-bond acceptors (Lipinski definition) is 5. The molecule has 2 aromatic rings. The maximum atomic E-state index is 13.5. The number of para-hydroxylation sites is 1. The fraction of sp³-hybridized carbons (Fsp3) is 0.464. The zero-order chi connectivity index (χ0) is 25.9. The van der Waals surface area contributed by atoms with Crippen molar-refractivity contribution in [2.75, 3.05) is 31.1 Å². The van der Waals surface area contributed by atoms with Gasteiger partial charge < -0.3 is 19.8 Å². The Balaban J connectivity index is 1.25. The third-order valence-electron chi connectivity index (χ3n) is 8.26. The maximum absolute atomic E-state index is 13.5. The van der Waals surface area contributed by atoms with Gasteiger partial charge in [-0.15, -0.1) is 0 Å². The van der Waals surface area contributed by atoms with Crippen molar-refractivity contribution in [1.29, 1.82) is 0 Å². The van der Waals surface area contributed by atoms with Crippen LogP contribution in [0.2, 0.25) is 0 Å². The summed E-state index contributed by atoms with van der Waals surface area (Å²) in [6, 6.07) is 19.4. The lowest BCUT2D eigenvalue weighted by molar-refractivity contribution is -0.148. The molecule has 2 unspecified atom stereocenters. The highest BCUT2D eigenvalue weighted by Gasteiger charge is 2.50. The second-order valence-corrected chi connectivity index (χ2v) is 10.3. The van der Waals surface area contributed by atoms with E-state index in [1.165, 1.54) is 4.90 Å². The van der Waals surface area contributed by atoms with Crippen LogP contribution in [-0.4, -0.2) is 76.3 Å². The Morgan fingerprint density at radius 2 is 1.49 bits per heavy atom. The summed E-state index contributed by atoms with van der Waals surface area (Å²) in [7, 11) is 0. The Kier molecular flexibility index (Phi) is 7.32. The maximum Gasteiger partial charge on any atom is 0.407 e. The number of hydrogen-bond donors (Lipinski definition) is 3. The van der Waals surface area contributed by atoms with E-state index in [1.807, 2.05) is 53.4 Å². The highest BCUT2D eigenvalue weighted by atomic mass is 16.5. The van der Waals surface area contributed by atoms with Crippen molar-refractivity contribution in [3.63, 3.8) is 0 Å². The Hall–Kier alpha value is -3.59. The van der Waals surface area contributed by atoms with E-state index in [0.717, 1.165) is 17.7 Å². The number of nitrogens with zero attached hydrogens (tertiary/aromatic N) is 3. The smallest absolute Gasteiger partial charge is 0.407 e. The van der Waals surface area contributed by atoms with Crippen LogP contribution in [0.1, 0.15) is 37.2 Å². The van der Waals surface area contributed by atoms with E-state index < -0.39 is 23.8 Å². The molecule has 2 aromatic carbocycles. The highest BCUT2D eigenvalue weighted by molar-refractivity contribution is 5.87. The molecule has 3 aliphatic rings. The first kappa shape index (κ1) is 25.1. The van der Waals surface area contributed by atoms with Crippen LogP contribution >= 0.6 is 0 Å². The number of carboxylic acid groups (broad SMARTS) is 1. The zero-order valence-corrected chi connectivity index (χ0v) is 20.8. The van der Waals surface area contributed by atoms with E-state index >= 15 is 0 Å². The van der Waals surface area contributed by atoms with E-state index in [0.29, 0.717) is 39.0 Å². The quantitative estimate of drug-likeness (QED) is 0.410. The van der Waals surface area contributed by atoms with Gasteiger partial charge in [0.05, 0.1) is 5.92 Å². The van der Waals surface area contributed by atoms with Gasteiger partial charge >= 0.3 is 6.09 Å². The monoisotopic (exact) mass is 506 g/mol. The number of benzene rings is 2. The number of carbonyl (C=O) groups is 3. The molecular weight excluding hydrogens is 472 g/mol. The predicted octanol–water partition coefficient (Wildman–Crippen LogP) is 3.16. The molecular formula is C28H34N4O5. The molecule has 37 heavy (non-hydrogen) atoms. The first-order chi connectivity index (χ1) is 18.0. The molecule has 0 radical (unpaired) electrons. The molecule has 2 aliphatic carbocycles. The molecule has 5 atom stereocenters. The van der Waals surface area contributed by atoms with Crippen LogP contribution in [-0.2, 0) is 9.59 Å². The van der Waals surface area contributed by atoms with Crippen molar-refractivity contribution in [3.05, 3.63) is 66.2 Å². The third-order valence-corrected chi connectivity index (χ3v) is 8.26. The zero-order valence-electron chi connectivity index (χ0n) is 20.8. The molecule has 1 heterocycles. The average Bonchev–Trinajstić information content (AvgIpc) is 3.73. The van der Waals surface area contributed by atoms with Gasteiger partial charge in [-0.1, -0.05) is 48.5 Å². The lowest BCUT2D eigenvalue weighted by Crippen LogP contribution is -2.55. The van der Waals surface area contributed by atoms with E-state index in [2.05, 4.69) is 17.0 Å². The Bertz CT molecular complexity index is 1110. The van der Waals surface area contributed by atoms with Gasteiger partial charge in [0, 0.05) is 55.8 Å². The van der Waals surface area contributed by atoms with Crippen LogP contribution in [0.5, 0.6) is 0 Å². The van der Waals surface area contributed by atoms with Gasteiger partial charge in [0.2, 0.25) is 11.8 Å². The Morgan fingerprint density at radius 1 is 0.838 bits per heavy atom. The summed E-state index contributed by atoms with van der Waals surface area (Å²) in [6.45, 7) is 2.53. The van der Waals surface area contributed by atoms with E-state index in [4.69, 9.17) is 0 Å². The molecule has 3 N–H and O–H groups in total. The van der Waals surface area contributed by atoms with Crippen molar-refractivity contribution >= 4 is 23.6 Å². The number of piperazine rings is 1. The summed E-state index contributed by atoms with van der Waals surface area (Å²) in [6.07, 6.45) is 0.889. The normalized spacial score (nSPS) is 27.3. The second-order valence-electron chi connectivity index (χ2n) is 10.3. The van der Waals surface area contributed by atoms with Gasteiger partial charge in [0.1, 0.15) is 0 Å². The third kappa shape index (κ3) is 5.27. The molecule has 2 saturated carbocycles. The van der Waals surface area contributed by atoms with Crippen LogP contribution in [0.4, 0.5) is 10.5 Å². The molecule has 0 aromatic heterocycles. The molecule has 0 bridgehead atoms. The van der Waals surface area contributed by atoms with Crippen LogP contribution in [0.3, 0.4) is 0 Å². The van der Waals surface area contributed by atoms with Crippen molar-refractivity contribution in [1.82, 2.24) is 15.3 Å².